The number of hydrogen-bond acceptors (Lipinski definition) is 5. The number of benzene rings is 1. The fourth-order valence-electron chi connectivity index (χ4n) is 2.52. The van der Waals surface area contributed by atoms with Gasteiger partial charge in [-0.2, -0.15) is 0 Å². The van der Waals surface area contributed by atoms with Crippen molar-refractivity contribution in [2.45, 2.75) is 26.4 Å². The molecule has 0 amide bonds. The van der Waals surface area contributed by atoms with Crippen LogP contribution >= 0.6 is 23.2 Å². The summed E-state index contributed by atoms with van der Waals surface area (Å²) >= 11 is 12.0. The number of carbonyl (C=O) groups is 3. The van der Waals surface area contributed by atoms with E-state index in [1.807, 2.05) is 0 Å². The standard InChI is InChI=1S/C16H16Cl2O5/c1-16(2)14(20)10(7-12(19)22-3)13(23-15(16)21)9-5-4-8(17)6-11(9)18/h4-6,10,13H,7H2,1-3H3/t10-,13-/m1/s1. The quantitative estimate of drug-likeness (QED) is 0.611. The summed E-state index contributed by atoms with van der Waals surface area (Å²) < 4.78 is 10.1. The lowest BCUT2D eigenvalue weighted by atomic mass is 9.74. The molecule has 0 bridgehead atoms. The molecular formula is C16H16Cl2O5. The highest BCUT2D eigenvalue weighted by atomic mass is 35.5. The van der Waals surface area contributed by atoms with Crippen molar-refractivity contribution in [3.63, 3.8) is 0 Å². The third-order valence-corrected chi connectivity index (χ3v) is 4.51. The summed E-state index contributed by atoms with van der Waals surface area (Å²) in [5.74, 6) is -2.46. The second-order valence-corrected chi connectivity index (χ2v) is 6.71. The molecule has 0 unspecified atom stereocenters. The van der Waals surface area contributed by atoms with Gasteiger partial charge in [0, 0.05) is 15.6 Å². The van der Waals surface area contributed by atoms with Gasteiger partial charge in [-0.05, 0) is 26.0 Å². The van der Waals surface area contributed by atoms with Crippen molar-refractivity contribution in [2.75, 3.05) is 7.11 Å². The first-order valence-electron chi connectivity index (χ1n) is 6.95. The molecule has 23 heavy (non-hydrogen) atoms. The van der Waals surface area contributed by atoms with Gasteiger partial charge in [0.2, 0.25) is 0 Å². The Morgan fingerprint density at radius 1 is 1.30 bits per heavy atom. The second-order valence-electron chi connectivity index (χ2n) is 5.87. The maximum absolute atomic E-state index is 12.7. The Kier molecular flexibility index (Phi) is 5.01. The first-order valence-corrected chi connectivity index (χ1v) is 7.71. The highest BCUT2D eigenvalue weighted by Gasteiger charge is 2.52. The van der Waals surface area contributed by atoms with E-state index in [1.54, 1.807) is 12.1 Å². The van der Waals surface area contributed by atoms with Crippen molar-refractivity contribution in [1.29, 1.82) is 0 Å². The van der Waals surface area contributed by atoms with Crippen molar-refractivity contribution in [1.82, 2.24) is 0 Å². The molecule has 1 aromatic rings. The van der Waals surface area contributed by atoms with Crippen molar-refractivity contribution in [2.24, 2.45) is 11.3 Å². The highest BCUT2D eigenvalue weighted by Crippen LogP contribution is 2.43. The van der Waals surface area contributed by atoms with Crippen molar-refractivity contribution < 1.29 is 23.9 Å². The number of ketones is 1. The van der Waals surface area contributed by atoms with Crippen LogP contribution in [0.3, 0.4) is 0 Å². The summed E-state index contributed by atoms with van der Waals surface area (Å²) in [6.07, 6.45) is -1.15. The van der Waals surface area contributed by atoms with E-state index in [4.69, 9.17) is 27.9 Å². The number of hydrogen-bond donors (Lipinski definition) is 0. The maximum Gasteiger partial charge on any atom is 0.319 e. The molecule has 2 atom stereocenters. The van der Waals surface area contributed by atoms with Crippen LogP contribution in [0.4, 0.5) is 0 Å². The zero-order chi connectivity index (χ0) is 17.4. The largest absolute Gasteiger partial charge is 0.469 e. The summed E-state index contributed by atoms with van der Waals surface area (Å²) in [4.78, 5) is 36.5. The molecule has 1 aliphatic heterocycles. The van der Waals surface area contributed by atoms with Crippen LogP contribution in [0.25, 0.3) is 0 Å². The van der Waals surface area contributed by atoms with E-state index in [2.05, 4.69) is 4.74 Å². The third kappa shape index (κ3) is 3.35. The van der Waals surface area contributed by atoms with E-state index in [0.29, 0.717) is 10.6 Å². The summed E-state index contributed by atoms with van der Waals surface area (Å²) in [6, 6.07) is 4.65. The molecule has 5 nitrogen and oxygen atoms in total. The number of ether oxygens (including phenoxy) is 2. The Bertz CT molecular complexity index is 668. The van der Waals surface area contributed by atoms with Gasteiger partial charge < -0.3 is 9.47 Å². The molecule has 1 heterocycles. The summed E-state index contributed by atoms with van der Waals surface area (Å²) in [5.41, 5.74) is -0.893. The number of Topliss-reactive ketones (excluding diaryl/α,β-unsaturated/α-hetero) is 1. The topological polar surface area (TPSA) is 69.7 Å². The molecule has 1 aliphatic rings. The number of halogens is 2. The number of esters is 2. The van der Waals surface area contributed by atoms with E-state index in [0.717, 1.165) is 0 Å². The lowest BCUT2D eigenvalue weighted by molar-refractivity contribution is -0.181. The minimum atomic E-state index is -1.33. The van der Waals surface area contributed by atoms with E-state index in [-0.39, 0.29) is 17.2 Å². The molecule has 124 valence electrons. The normalized spacial score (nSPS) is 23.3. The maximum atomic E-state index is 12.7. The fourth-order valence-corrected chi connectivity index (χ4v) is 3.04. The number of methoxy groups -OCH3 is 1. The average Bonchev–Trinajstić information content (AvgIpc) is 2.48. The van der Waals surface area contributed by atoms with Crippen molar-refractivity contribution in [3.05, 3.63) is 33.8 Å². The number of rotatable bonds is 3. The van der Waals surface area contributed by atoms with Crippen LogP contribution in [0.15, 0.2) is 18.2 Å². The number of carbonyl (C=O) groups excluding carboxylic acids is 3. The summed E-state index contributed by atoms with van der Waals surface area (Å²) in [6.45, 7) is 2.95. The third-order valence-electron chi connectivity index (χ3n) is 3.95. The molecule has 0 spiro atoms. The Labute approximate surface area is 143 Å². The van der Waals surface area contributed by atoms with Gasteiger partial charge in [-0.15, -0.1) is 0 Å². The van der Waals surface area contributed by atoms with E-state index in [9.17, 15) is 14.4 Å². The smallest absolute Gasteiger partial charge is 0.319 e. The van der Waals surface area contributed by atoms with Crippen LogP contribution in [0.1, 0.15) is 31.9 Å². The Balaban J connectivity index is 2.47. The van der Waals surface area contributed by atoms with Gasteiger partial charge in [0.1, 0.15) is 11.5 Å². The Morgan fingerprint density at radius 2 is 1.96 bits per heavy atom. The lowest BCUT2D eigenvalue weighted by Gasteiger charge is -2.38. The Hall–Kier alpha value is -1.59. The molecule has 0 aromatic heterocycles. The minimum absolute atomic E-state index is 0.199. The monoisotopic (exact) mass is 358 g/mol. The van der Waals surface area contributed by atoms with Crippen LogP contribution in [0, 0.1) is 11.3 Å². The molecule has 1 aromatic carbocycles. The SMILES string of the molecule is COC(=O)C[C@H]1C(=O)C(C)(C)C(=O)O[C@@H]1c1ccc(Cl)cc1Cl. The minimum Gasteiger partial charge on any atom is -0.469 e. The van der Waals surface area contributed by atoms with Gasteiger partial charge in [0.25, 0.3) is 0 Å². The van der Waals surface area contributed by atoms with Gasteiger partial charge in [-0.25, -0.2) is 0 Å². The van der Waals surface area contributed by atoms with Crippen LogP contribution in [0.5, 0.6) is 0 Å². The molecule has 1 fully saturated rings. The van der Waals surface area contributed by atoms with Crippen molar-refractivity contribution >= 4 is 40.9 Å². The van der Waals surface area contributed by atoms with E-state index in [1.165, 1.54) is 27.0 Å². The van der Waals surface area contributed by atoms with Crippen LogP contribution in [-0.2, 0) is 23.9 Å². The molecule has 0 saturated carbocycles. The summed E-state index contributed by atoms with van der Waals surface area (Å²) in [7, 11) is 1.23. The molecule has 0 radical (unpaired) electrons. The van der Waals surface area contributed by atoms with Gasteiger partial charge in [0.05, 0.1) is 19.4 Å². The second kappa shape index (κ2) is 6.49. The summed E-state index contributed by atoms with van der Waals surface area (Å²) in [5, 5.41) is 0.676. The van der Waals surface area contributed by atoms with Gasteiger partial charge in [-0.3, -0.25) is 14.4 Å². The molecule has 0 aliphatic carbocycles. The van der Waals surface area contributed by atoms with Gasteiger partial charge in [-0.1, -0.05) is 29.3 Å². The molecule has 2 rings (SSSR count). The molecular weight excluding hydrogens is 343 g/mol. The van der Waals surface area contributed by atoms with E-state index >= 15 is 0 Å². The average molecular weight is 359 g/mol. The lowest BCUT2D eigenvalue weighted by Crippen LogP contribution is -2.48. The van der Waals surface area contributed by atoms with Gasteiger partial charge in [0.15, 0.2) is 5.78 Å². The zero-order valence-electron chi connectivity index (χ0n) is 12.9. The first-order chi connectivity index (χ1) is 10.7. The molecule has 1 saturated heterocycles. The fraction of sp³-hybridized carbons (Fsp3) is 0.438. The first kappa shape index (κ1) is 17.8. The molecule has 0 N–H and O–H groups in total. The van der Waals surface area contributed by atoms with Crippen molar-refractivity contribution in [3.8, 4) is 0 Å². The molecule has 7 heteroatoms. The highest BCUT2D eigenvalue weighted by molar-refractivity contribution is 6.35. The zero-order valence-corrected chi connectivity index (χ0v) is 14.4. The van der Waals surface area contributed by atoms with Crippen LogP contribution in [0.2, 0.25) is 10.0 Å². The Morgan fingerprint density at radius 3 is 2.52 bits per heavy atom. The van der Waals surface area contributed by atoms with Crippen LogP contribution in [-0.4, -0.2) is 24.8 Å². The predicted octanol–water partition coefficient (Wildman–Crippen LogP) is 3.37. The van der Waals surface area contributed by atoms with Gasteiger partial charge >= 0.3 is 11.9 Å². The number of cyclic esters (lactones) is 1. The van der Waals surface area contributed by atoms with E-state index < -0.39 is 29.4 Å². The predicted molar refractivity (Wildman–Crippen MR) is 84.2 cm³/mol. The van der Waals surface area contributed by atoms with Crippen LogP contribution < -0.4 is 0 Å².